The molecule has 0 aromatic carbocycles. The maximum atomic E-state index is 5.39. The SMILES string of the molecule is COC1(OC)CN(C2CCNC(C)C2)C1. The second kappa shape index (κ2) is 4.37. The highest BCUT2D eigenvalue weighted by molar-refractivity contribution is 4.95. The fourth-order valence-corrected chi connectivity index (χ4v) is 2.61. The lowest BCUT2D eigenvalue weighted by atomic mass is 9.94. The number of methoxy groups -OCH3 is 2. The lowest BCUT2D eigenvalue weighted by Gasteiger charge is -2.52. The van der Waals surface area contributed by atoms with E-state index in [1.807, 2.05) is 0 Å². The molecule has 0 aromatic heterocycles. The van der Waals surface area contributed by atoms with E-state index in [0.29, 0.717) is 12.1 Å². The number of hydrogen-bond acceptors (Lipinski definition) is 4. The Labute approximate surface area is 91.9 Å². The minimum Gasteiger partial charge on any atom is -0.351 e. The molecule has 0 amide bonds. The molecule has 0 radical (unpaired) electrons. The van der Waals surface area contributed by atoms with Crippen molar-refractivity contribution in [1.29, 1.82) is 0 Å². The number of nitrogens with one attached hydrogen (secondary N) is 1. The van der Waals surface area contributed by atoms with Crippen molar-refractivity contribution >= 4 is 0 Å². The van der Waals surface area contributed by atoms with Gasteiger partial charge in [-0.05, 0) is 26.3 Å². The van der Waals surface area contributed by atoms with Gasteiger partial charge in [-0.1, -0.05) is 0 Å². The summed E-state index contributed by atoms with van der Waals surface area (Å²) in [5, 5.41) is 3.47. The van der Waals surface area contributed by atoms with E-state index in [2.05, 4.69) is 17.1 Å². The average molecular weight is 214 g/mol. The molecule has 4 heteroatoms. The largest absolute Gasteiger partial charge is 0.351 e. The van der Waals surface area contributed by atoms with Crippen LogP contribution in [-0.4, -0.2) is 56.6 Å². The predicted octanol–water partition coefficient (Wildman–Crippen LogP) is 0.432. The van der Waals surface area contributed by atoms with Crippen LogP contribution in [0.5, 0.6) is 0 Å². The van der Waals surface area contributed by atoms with E-state index < -0.39 is 0 Å². The molecular weight excluding hydrogens is 192 g/mol. The number of ether oxygens (including phenoxy) is 2. The highest BCUT2D eigenvalue weighted by atomic mass is 16.7. The fourth-order valence-electron chi connectivity index (χ4n) is 2.61. The molecule has 2 fully saturated rings. The predicted molar refractivity (Wildman–Crippen MR) is 58.8 cm³/mol. The minimum atomic E-state index is -0.325. The summed E-state index contributed by atoms with van der Waals surface area (Å²) >= 11 is 0. The van der Waals surface area contributed by atoms with E-state index in [9.17, 15) is 0 Å². The van der Waals surface area contributed by atoms with Crippen molar-refractivity contribution in [3.05, 3.63) is 0 Å². The monoisotopic (exact) mass is 214 g/mol. The van der Waals surface area contributed by atoms with Gasteiger partial charge in [0.05, 0.1) is 13.1 Å². The van der Waals surface area contributed by atoms with E-state index in [1.165, 1.54) is 12.8 Å². The van der Waals surface area contributed by atoms with Crippen LogP contribution in [0.1, 0.15) is 19.8 Å². The number of nitrogens with zero attached hydrogens (tertiary/aromatic N) is 1. The lowest BCUT2D eigenvalue weighted by molar-refractivity contribution is -0.283. The van der Waals surface area contributed by atoms with Crippen molar-refractivity contribution < 1.29 is 9.47 Å². The van der Waals surface area contributed by atoms with E-state index >= 15 is 0 Å². The molecule has 2 aliphatic heterocycles. The first-order valence-electron chi connectivity index (χ1n) is 5.77. The van der Waals surface area contributed by atoms with Gasteiger partial charge in [-0.3, -0.25) is 4.90 Å². The van der Waals surface area contributed by atoms with E-state index in [4.69, 9.17) is 9.47 Å². The molecule has 4 nitrogen and oxygen atoms in total. The molecule has 2 saturated heterocycles. The highest BCUT2D eigenvalue weighted by Gasteiger charge is 2.46. The number of piperidine rings is 1. The van der Waals surface area contributed by atoms with Gasteiger partial charge in [-0.2, -0.15) is 0 Å². The number of rotatable bonds is 3. The van der Waals surface area contributed by atoms with Crippen molar-refractivity contribution in [2.24, 2.45) is 0 Å². The topological polar surface area (TPSA) is 33.7 Å². The molecule has 88 valence electrons. The van der Waals surface area contributed by atoms with Gasteiger partial charge >= 0.3 is 0 Å². The lowest BCUT2D eigenvalue weighted by Crippen LogP contribution is -2.67. The van der Waals surface area contributed by atoms with E-state index in [1.54, 1.807) is 14.2 Å². The van der Waals surface area contributed by atoms with Crippen LogP contribution >= 0.6 is 0 Å². The van der Waals surface area contributed by atoms with Gasteiger partial charge in [-0.25, -0.2) is 0 Å². The Morgan fingerprint density at radius 3 is 2.47 bits per heavy atom. The molecule has 1 N–H and O–H groups in total. The zero-order valence-corrected chi connectivity index (χ0v) is 9.95. The third kappa shape index (κ3) is 2.18. The quantitative estimate of drug-likeness (QED) is 0.691. The highest BCUT2D eigenvalue weighted by Crippen LogP contribution is 2.30. The molecular formula is C11H22N2O2. The molecule has 15 heavy (non-hydrogen) atoms. The normalized spacial score (nSPS) is 36.2. The van der Waals surface area contributed by atoms with Gasteiger partial charge in [0.1, 0.15) is 0 Å². The van der Waals surface area contributed by atoms with Crippen molar-refractivity contribution in [3.63, 3.8) is 0 Å². The van der Waals surface area contributed by atoms with Crippen LogP contribution in [-0.2, 0) is 9.47 Å². The summed E-state index contributed by atoms with van der Waals surface area (Å²) in [6, 6.07) is 1.35. The van der Waals surface area contributed by atoms with Crippen LogP contribution < -0.4 is 5.32 Å². The van der Waals surface area contributed by atoms with Crippen LogP contribution in [0.4, 0.5) is 0 Å². The zero-order chi connectivity index (χ0) is 10.9. The summed E-state index contributed by atoms with van der Waals surface area (Å²) in [5.74, 6) is -0.325. The summed E-state index contributed by atoms with van der Waals surface area (Å²) in [6.07, 6.45) is 2.48. The van der Waals surface area contributed by atoms with E-state index in [0.717, 1.165) is 19.6 Å². The van der Waals surface area contributed by atoms with Crippen molar-refractivity contribution in [1.82, 2.24) is 10.2 Å². The Morgan fingerprint density at radius 2 is 1.93 bits per heavy atom. The molecule has 2 unspecified atom stereocenters. The molecule has 2 heterocycles. The third-order valence-corrected chi connectivity index (χ3v) is 3.74. The zero-order valence-electron chi connectivity index (χ0n) is 9.95. The maximum absolute atomic E-state index is 5.39. The Morgan fingerprint density at radius 1 is 1.27 bits per heavy atom. The number of hydrogen-bond donors (Lipinski definition) is 1. The molecule has 2 atom stereocenters. The summed E-state index contributed by atoms with van der Waals surface area (Å²) < 4.78 is 10.8. The summed E-state index contributed by atoms with van der Waals surface area (Å²) in [5.41, 5.74) is 0. The summed E-state index contributed by atoms with van der Waals surface area (Å²) in [4.78, 5) is 2.48. The summed E-state index contributed by atoms with van der Waals surface area (Å²) in [7, 11) is 3.46. The average Bonchev–Trinajstić information content (AvgIpc) is 2.18. The third-order valence-electron chi connectivity index (χ3n) is 3.74. The molecule has 0 spiro atoms. The van der Waals surface area contributed by atoms with Gasteiger partial charge in [0, 0.05) is 26.3 Å². The molecule has 0 saturated carbocycles. The first-order valence-corrected chi connectivity index (χ1v) is 5.77. The Hall–Kier alpha value is -0.160. The minimum absolute atomic E-state index is 0.325. The summed E-state index contributed by atoms with van der Waals surface area (Å²) in [6.45, 7) is 5.22. The smallest absolute Gasteiger partial charge is 0.193 e. The second-order valence-electron chi connectivity index (χ2n) is 4.76. The Kier molecular flexibility index (Phi) is 3.30. The molecule has 2 aliphatic rings. The molecule has 2 rings (SSSR count). The van der Waals surface area contributed by atoms with Crippen LogP contribution in [0.25, 0.3) is 0 Å². The molecule has 0 bridgehead atoms. The number of likely N-dealkylation sites (tertiary alicyclic amines) is 1. The van der Waals surface area contributed by atoms with Crippen LogP contribution in [0.2, 0.25) is 0 Å². The van der Waals surface area contributed by atoms with Gasteiger partial charge in [0.2, 0.25) is 0 Å². The van der Waals surface area contributed by atoms with Gasteiger partial charge < -0.3 is 14.8 Å². The fraction of sp³-hybridized carbons (Fsp3) is 1.00. The second-order valence-corrected chi connectivity index (χ2v) is 4.76. The van der Waals surface area contributed by atoms with Gasteiger partial charge in [-0.15, -0.1) is 0 Å². The van der Waals surface area contributed by atoms with Crippen LogP contribution in [0.3, 0.4) is 0 Å². The van der Waals surface area contributed by atoms with Crippen molar-refractivity contribution in [3.8, 4) is 0 Å². The molecule has 0 aliphatic carbocycles. The first-order chi connectivity index (χ1) is 7.19. The Balaban J connectivity index is 1.83. The van der Waals surface area contributed by atoms with Gasteiger partial charge in [0.15, 0.2) is 5.79 Å². The Bertz CT molecular complexity index is 211. The van der Waals surface area contributed by atoms with E-state index in [-0.39, 0.29) is 5.79 Å². The van der Waals surface area contributed by atoms with Crippen molar-refractivity contribution in [2.45, 2.75) is 37.6 Å². The standard InChI is InChI=1S/C11H22N2O2/c1-9-6-10(4-5-12-9)13-7-11(8-13,14-2)15-3/h9-10,12H,4-8H2,1-3H3. The van der Waals surface area contributed by atoms with Crippen LogP contribution in [0, 0.1) is 0 Å². The van der Waals surface area contributed by atoms with Crippen LogP contribution in [0.15, 0.2) is 0 Å². The molecule has 0 aromatic rings. The maximum Gasteiger partial charge on any atom is 0.193 e. The first kappa shape index (κ1) is 11.3. The van der Waals surface area contributed by atoms with Gasteiger partial charge in [0.25, 0.3) is 0 Å². The van der Waals surface area contributed by atoms with Crippen molar-refractivity contribution in [2.75, 3.05) is 33.9 Å².